The number of rotatable bonds is 1. The summed E-state index contributed by atoms with van der Waals surface area (Å²) in [6, 6.07) is 4.53. The zero-order valence-electron chi connectivity index (χ0n) is 12.8. The van der Waals surface area contributed by atoms with Gasteiger partial charge in [0.05, 0.1) is 12.2 Å². The van der Waals surface area contributed by atoms with Gasteiger partial charge >= 0.3 is 12.1 Å². The molecule has 0 radical (unpaired) electrons. The van der Waals surface area contributed by atoms with Crippen molar-refractivity contribution in [2.24, 2.45) is 0 Å². The van der Waals surface area contributed by atoms with Gasteiger partial charge in [-0.15, -0.1) is 0 Å². The van der Waals surface area contributed by atoms with Crippen LogP contribution < -0.4 is 0 Å². The van der Waals surface area contributed by atoms with Gasteiger partial charge in [-0.05, 0) is 17.7 Å². The molecule has 3 aliphatic heterocycles. The predicted molar refractivity (Wildman–Crippen MR) is 76.8 cm³/mol. The monoisotopic (exact) mass is 354 g/mol. The summed E-state index contributed by atoms with van der Waals surface area (Å²) in [4.78, 5) is 12.2. The number of halogens is 3. The highest BCUT2D eigenvalue weighted by atomic mass is 19.4. The molecule has 0 N–H and O–H groups in total. The molecule has 0 aliphatic carbocycles. The third-order valence-corrected chi connectivity index (χ3v) is 4.14. The summed E-state index contributed by atoms with van der Waals surface area (Å²) in [7, 11) is 0. The second-order valence-corrected chi connectivity index (χ2v) is 5.77. The van der Waals surface area contributed by atoms with E-state index >= 15 is 0 Å². The van der Waals surface area contributed by atoms with Crippen LogP contribution in [0.4, 0.5) is 13.2 Å². The summed E-state index contributed by atoms with van der Waals surface area (Å²) in [6.07, 6.45) is -4.08. The molecule has 25 heavy (non-hydrogen) atoms. The maximum absolute atomic E-state index is 12.7. The number of alkyl halides is 3. The molecule has 3 heterocycles. The minimum Gasteiger partial charge on any atom is -0.489 e. The van der Waals surface area contributed by atoms with Crippen LogP contribution in [0.5, 0.6) is 0 Å². The fourth-order valence-electron chi connectivity index (χ4n) is 2.89. The van der Waals surface area contributed by atoms with E-state index < -0.39 is 30.1 Å². The van der Waals surface area contributed by atoms with Gasteiger partial charge in [0.25, 0.3) is 6.29 Å². The summed E-state index contributed by atoms with van der Waals surface area (Å²) in [5.41, 5.74) is -0.0421. The van der Waals surface area contributed by atoms with Crippen LogP contribution in [0.25, 0.3) is 0 Å². The van der Waals surface area contributed by atoms with Gasteiger partial charge in [-0.25, -0.2) is 4.79 Å². The van der Waals surface area contributed by atoms with Gasteiger partial charge in [0.2, 0.25) is 0 Å². The highest BCUT2D eigenvalue weighted by molar-refractivity contribution is 5.93. The van der Waals surface area contributed by atoms with Crippen LogP contribution in [0, 0.1) is 0 Å². The van der Waals surface area contributed by atoms with Crippen molar-refractivity contribution in [2.75, 3.05) is 13.2 Å². The maximum atomic E-state index is 12.7. The van der Waals surface area contributed by atoms with Crippen LogP contribution in [0.15, 0.2) is 47.4 Å². The molecule has 1 aromatic rings. The number of benzene rings is 1. The Morgan fingerprint density at radius 1 is 1.04 bits per heavy atom. The molecular formula is C17H13F3O5. The molecule has 0 bridgehead atoms. The van der Waals surface area contributed by atoms with Crippen LogP contribution in [0.1, 0.15) is 23.7 Å². The SMILES string of the molecule is O=C1OC(c2ccc(C(F)(F)F)cc2)CC2=C1C=C1OCCOC1O2. The third-order valence-electron chi connectivity index (χ3n) is 4.14. The number of carbonyl (C=O) groups excluding carboxylic acids is 1. The van der Waals surface area contributed by atoms with Crippen molar-refractivity contribution < 1.29 is 36.9 Å². The largest absolute Gasteiger partial charge is 0.489 e. The molecule has 1 fully saturated rings. The van der Waals surface area contributed by atoms with Gasteiger partial charge in [0.15, 0.2) is 5.76 Å². The lowest BCUT2D eigenvalue weighted by Gasteiger charge is -2.35. The average molecular weight is 354 g/mol. The zero-order valence-corrected chi connectivity index (χ0v) is 12.8. The summed E-state index contributed by atoms with van der Waals surface area (Å²) >= 11 is 0. The Hall–Kier alpha value is -2.48. The van der Waals surface area contributed by atoms with Gasteiger partial charge < -0.3 is 18.9 Å². The average Bonchev–Trinajstić information content (AvgIpc) is 2.59. The van der Waals surface area contributed by atoms with E-state index in [0.717, 1.165) is 12.1 Å². The topological polar surface area (TPSA) is 54.0 Å². The first-order chi connectivity index (χ1) is 11.9. The van der Waals surface area contributed by atoms with Crippen molar-refractivity contribution in [3.63, 3.8) is 0 Å². The minimum absolute atomic E-state index is 0.218. The fraction of sp³-hybridized carbons (Fsp3) is 0.353. The summed E-state index contributed by atoms with van der Waals surface area (Å²) < 4.78 is 59.8. The molecule has 0 aromatic heterocycles. The lowest BCUT2D eigenvalue weighted by Crippen LogP contribution is -2.34. The first kappa shape index (κ1) is 16.0. The van der Waals surface area contributed by atoms with Crippen LogP contribution in [-0.4, -0.2) is 25.5 Å². The van der Waals surface area contributed by atoms with E-state index in [2.05, 4.69) is 0 Å². The van der Waals surface area contributed by atoms with Crippen LogP contribution in [0.3, 0.4) is 0 Å². The van der Waals surface area contributed by atoms with E-state index in [-0.39, 0.29) is 12.0 Å². The highest BCUT2D eigenvalue weighted by Gasteiger charge is 2.38. The number of hydrogen-bond donors (Lipinski definition) is 0. The molecular weight excluding hydrogens is 341 g/mol. The molecule has 4 rings (SSSR count). The first-order valence-corrected chi connectivity index (χ1v) is 7.66. The molecule has 5 nitrogen and oxygen atoms in total. The molecule has 1 saturated heterocycles. The lowest BCUT2D eigenvalue weighted by atomic mass is 9.98. The van der Waals surface area contributed by atoms with Crippen LogP contribution in [-0.2, 0) is 29.9 Å². The molecule has 1 aromatic carbocycles. The number of cyclic esters (lactones) is 1. The van der Waals surface area contributed by atoms with E-state index in [1.54, 1.807) is 0 Å². The third kappa shape index (κ3) is 2.97. The number of esters is 1. The molecule has 0 amide bonds. The molecule has 132 valence electrons. The van der Waals surface area contributed by atoms with E-state index in [1.165, 1.54) is 18.2 Å². The summed E-state index contributed by atoms with van der Waals surface area (Å²) in [5.74, 6) is 0.196. The maximum Gasteiger partial charge on any atom is 0.416 e. The number of carbonyl (C=O) groups is 1. The van der Waals surface area contributed by atoms with Gasteiger partial charge in [0.1, 0.15) is 24.0 Å². The van der Waals surface area contributed by atoms with Crippen molar-refractivity contribution in [1.29, 1.82) is 0 Å². The van der Waals surface area contributed by atoms with Crippen molar-refractivity contribution in [1.82, 2.24) is 0 Å². The van der Waals surface area contributed by atoms with Gasteiger partial charge in [0, 0.05) is 12.5 Å². The quantitative estimate of drug-likeness (QED) is 0.725. The van der Waals surface area contributed by atoms with Crippen molar-refractivity contribution in [2.45, 2.75) is 25.0 Å². The Labute approximate surface area is 140 Å². The number of fused-ring (bicyclic) bond motifs is 1. The Kier molecular flexibility index (Phi) is 3.72. The van der Waals surface area contributed by atoms with E-state index in [4.69, 9.17) is 18.9 Å². The number of hydrogen-bond acceptors (Lipinski definition) is 5. The molecule has 0 saturated carbocycles. The van der Waals surface area contributed by atoms with Gasteiger partial charge in [-0.3, -0.25) is 0 Å². The standard InChI is InChI=1S/C17H13F3O5/c18-17(19,20)10-3-1-9(2-4-10)12-8-13-11(15(21)24-12)7-14-16(25-13)23-6-5-22-14/h1-4,7,12,16H,5-6,8H2. The van der Waals surface area contributed by atoms with Gasteiger partial charge in [-0.1, -0.05) is 12.1 Å². The molecule has 8 heteroatoms. The zero-order chi connectivity index (χ0) is 17.6. The Morgan fingerprint density at radius 2 is 1.80 bits per heavy atom. The highest BCUT2D eigenvalue weighted by Crippen LogP contribution is 2.39. The molecule has 2 unspecified atom stereocenters. The second-order valence-electron chi connectivity index (χ2n) is 5.77. The van der Waals surface area contributed by atoms with E-state index in [9.17, 15) is 18.0 Å². The van der Waals surface area contributed by atoms with E-state index in [1.807, 2.05) is 0 Å². The lowest BCUT2D eigenvalue weighted by molar-refractivity contribution is -0.172. The Balaban J connectivity index is 1.58. The molecule has 3 aliphatic rings. The van der Waals surface area contributed by atoms with Crippen LogP contribution >= 0.6 is 0 Å². The van der Waals surface area contributed by atoms with E-state index in [0.29, 0.717) is 30.3 Å². The van der Waals surface area contributed by atoms with Crippen molar-refractivity contribution >= 4 is 5.97 Å². The first-order valence-electron chi connectivity index (χ1n) is 7.66. The molecule has 2 atom stereocenters. The number of ether oxygens (including phenoxy) is 4. The second kappa shape index (κ2) is 5.80. The smallest absolute Gasteiger partial charge is 0.416 e. The summed E-state index contributed by atoms with van der Waals surface area (Å²) in [5, 5.41) is 0. The normalized spacial score (nSPS) is 25.9. The predicted octanol–water partition coefficient (Wildman–Crippen LogP) is 3.23. The van der Waals surface area contributed by atoms with Gasteiger partial charge in [-0.2, -0.15) is 13.2 Å². The van der Waals surface area contributed by atoms with Crippen molar-refractivity contribution in [3.8, 4) is 0 Å². The van der Waals surface area contributed by atoms with Crippen molar-refractivity contribution in [3.05, 3.63) is 58.6 Å². The fourth-order valence-corrected chi connectivity index (χ4v) is 2.89. The Morgan fingerprint density at radius 3 is 2.52 bits per heavy atom. The Bertz CT molecular complexity index is 763. The molecule has 0 spiro atoms. The summed E-state index contributed by atoms with van der Waals surface area (Å²) in [6.45, 7) is 0.745. The van der Waals surface area contributed by atoms with Crippen LogP contribution in [0.2, 0.25) is 0 Å². The minimum atomic E-state index is -4.41.